The van der Waals surface area contributed by atoms with Gasteiger partial charge in [0.25, 0.3) is 10.0 Å². The van der Waals surface area contributed by atoms with Crippen molar-refractivity contribution in [3.8, 4) is 11.5 Å². The topological polar surface area (TPSA) is 55.4 Å². The highest BCUT2D eigenvalue weighted by molar-refractivity contribution is 7.92. The van der Waals surface area contributed by atoms with Crippen molar-refractivity contribution in [2.45, 2.75) is 11.8 Å². The molecule has 3 aromatic rings. The van der Waals surface area contributed by atoms with Crippen LogP contribution in [-0.2, 0) is 10.0 Å². The van der Waals surface area contributed by atoms with Gasteiger partial charge in [-0.2, -0.15) is 0 Å². The predicted octanol–water partition coefficient (Wildman–Crippen LogP) is 5.24. The summed E-state index contributed by atoms with van der Waals surface area (Å²) in [5, 5.41) is 0.159. The second-order valence-corrected chi connectivity index (χ2v) is 7.51. The van der Waals surface area contributed by atoms with Crippen LogP contribution < -0.4 is 9.46 Å². The minimum Gasteiger partial charge on any atom is -0.455 e. The van der Waals surface area contributed by atoms with Crippen LogP contribution in [0.1, 0.15) is 5.56 Å². The molecule has 0 aliphatic carbocycles. The monoisotopic (exact) mass is 373 g/mol. The third-order valence-electron chi connectivity index (χ3n) is 3.47. The number of nitrogens with one attached hydrogen (secondary N) is 1. The molecule has 0 unspecified atom stereocenters. The van der Waals surface area contributed by atoms with E-state index in [1.54, 1.807) is 36.4 Å². The first-order chi connectivity index (χ1) is 12.0. The quantitative estimate of drug-likeness (QED) is 0.665. The maximum atomic E-state index is 12.6. The molecule has 0 aromatic heterocycles. The van der Waals surface area contributed by atoms with Gasteiger partial charge in [-0.3, -0.25) is 4.72 Å². The lowest BCUT2D eigenvalue weighted by molar-refractivity contribution is 0.484. The summed E-state index contributed by atoms with van der Waals surface area (Å²) in [7, 11) is -3.83. The van der Waals surface area contributed by atoms with Crippen LogP contribution in [0.2, 0.25) is 5.02 Å². The molecule has 6 heteroatoms. The molecule has 25 heavy (non-hydrogen) atoms. The van der Waals surface area contributed by atoms with Gasteiger partial charge in [0.2, 0.25) is 0 Å². The average Bonchev–Trinajstić information content (AvgIpc) is 2.57. The van der Waals surface area contributed by atoms with E-state index in [1.807, 2.05) is 31.2 Å². The van der Waals surface area contributed by atoms with Gasteiger partial charge in [0, 0.05) is 0 Å². The summed E-state index contributed by atoms with van der Waals surface area (Å²) < 4.78 is 33.6. The molecule has 0 aliphatic heterocycles. The SMILES string of the molecule is Cc1cccc(Oc2ccccc2NS(=O)(=O)c2ccccc2Cl)c1. The van der Waals surface area contributed by atoms with Gasteiger partial charge < -0.3 is 4.74 Å². The van der Waals surface area contributed by atoms with E-state index in [2.05, 4.69) is 4.72 Å². The summed E-state index contributed by atoms with van der Waals surface area (Å²) in [6.45, 7) is 1.96. The zero-order valence-electron chi connectivity index (χ0n) is 13.4. The number of rotatable bonds is 5. The molecule has 0 amide bonds. The van der Waals surface area contributed by atoms with Gasteiger partial charge in [-0.1, -0.05) is 48.0 Å². The van der Waals surface area contributed by atoms with Crippen molar-refractivity contribution in [1.29, 1.82) is 0 Å². The first-order valence-electron chi connectivity index (χ1n) is 7.56. The molecule has 0 saturated heterocycles. The largest absolute Gasteiger partial charge is 0.455 e. The highest BCUT2D eigenvalue weighted by Gasteiger charge is 2.19. The molecule has 128 valence electrons. The van der Waals surface area contributed by atoms with Crippen LogP contribution in [0.25, 0.3) is 0 Å². The fourth-order valence-corrected chi connectivity index (χ4v) is 3.90. The van der Waals surface area contributed by atoms with E-state index in [1.165, 1.54) is 12.1 Å². The minimum atomic E-state index is -3.83. The van der Waals surface area contributed by atoms with Crippen molar-refractivity contribution in [1.82, 2.24) is 0 Å². The smallest absolute Gasteiger partial charge is 0.263 e. The third-order valence-corrected chi connectivity index (χ3v) is 5.34. The normalized spacial score (nSPS) is 11.1. The van der Waals surface area contributed by atoms with Crippen LogP contribution in [0.5, 0.6) is 11.5 Å². The van der Waals surface area contributed by atoms with Gasteiger partial charge in [0.05, 0.1) is 10.7 Å². The molecule has 0 atom stereocenters. The number of aryl methyl sites for hydroxylation is 1. The van der Waals surface area contributed by atoms with E-state index in [4.69, 9.17) is 16.3 Å². The fraction of sp³-hybridized carbons (Fsp3) is 0.0526. The fourth-order valence-electron chi connectivity index (χ4n) is 2.31. The minimum absolute atomic E-state index is 0.0158. The summed E-state index contributed by atoms with van der Waals surface area (Å²) in [4.78, 5) is 0.0158. The maximum absolute atomic E-state index is 12.6. The van der Waals surface area contributed by atoms with Crippen molar-refractivity contribution < 1.29 is 13.2 Å². The Labute approximate surface area is 152 Å². The van der Waals surface area contributed by atoms with Gasteiger partial charge in [-0.05, 0) is 48.9 Å². The Kier molecular flexibility index (Phi) is 4.97. The molecule has 0 bridgehead atoms. The predicted molar refractivity (Wildman–Crippen MR) is 100.0 cm³/mol. The molecule has 0 spiro atoms. The van der Waals surface area contributed by atoms with Crippen LogP contribution >= 0.6 is 11.6 Å². The summed E-state index contributed by atoms with van der Waals surface area (Å²) in [6.07, 6.45) is 0. The first-order valence-corrected chi connectivity index (χ1v) is 9.43. The van der Waals surface area contributed by atoms with Crippen molar-refractivity contribution in [3.63, 3.8) is 0 Å². The van der Waals surface area contributed by atoms with Crippen molar-refractivity contribution in [3.05, 3.63) is 83.4 Å². The molecular weight excluding hydrogens is 358 g/mol. The third kappa shape index (κ3) is 4.13. The Hall–Kier alpha value is -2.50. The standard InChI is InChI=1S/C19H16ClNO3S/c1-14-7-6-8-15(13-14)24-18-11-4-3-10-17(18)21-25(22,23)19-12-5-2-9-16(19)20/h2-13,21H,1H3. The lowest BCUT2D eigenvalue weighted by Crippen LogP contribution is -2.14. The Bertz CT molecular complexity index is 1000. The number of halogens is 1. The van der Waals surface area contributed by atoms with E-state index < -0.39 is 10.0 Å². The second kappa shape index (κ2) is 7.17. The van der Waals surface area contributed by atoms with E-state index >= 15 is 0 Å². The van der Waals surface area contributed by atoms with Gasteiger partial charge in [0.1, 0.15) is 10.6 Å². The molecule has 0 heterocycles. The zero-order chi connectivity index (χ0) is 17.9. The number of benzene rings is 3. The average molecular weight is 374 g/mol. The lowest BCUT2D eigenvalue weighted by Gasteiger charge is -2.14. The number of hydrogen-bond acceptors (Lipinski definition) is 3. The number of anilines is 1. The number of para-hydroxylation sites is 2. The Morgan fingerprint density at radius 1 is 0.920 bits per heavy atom. The summed E-state index contributed by atoms with van der Waals surface area (Å²) in [5.41, 5.74) is 1.38. The van der Waals surface area contributed by atoms with Gasteiger partial charge in [-0.15, -0.1) is 0 Å². The van der Waals surface area contributed by atoms with Crippen molar-refractivity contribution in [2.75, 3.05) is 4.72 Å². The first kappa shape index (κ1) is 17.3. The molecule has 3 rings (SSSR count). The van der Waals surface area contributed by atoms with E-state index in [9.17, 15) is 8.42 Å². The van der Waals surface area contributed by atoms with Gasteiger partial charge >= 0.3 is 0 Å². The molecule has 3 aromatic carbocycles. The highest BCUT2D eigenvalue weighted by Crippen LogP contribution is 2.32. The maximum Gasteiger partial charge on any atom is 0.263 e. The van der Waals surface area contributed by atoms with E-state index in [0.717, 1.165) is 5.56 Å². The van der Waals surface area contributed by atoms with E-state index in [-0.39, 0.29) is 9.92 Å². The number of ether oxygens (including phenoxy) is 1. The summed E-state index contributed by atoms with van der Waals surface area (Å²) >= 11 is 6.01. The molecule has 1 N–H and O–H groups in total. The lowest BCUT2D eigenvalue weighted by atomic mass is 10.2. The molecule has 4 nitrogen and oxygen atoms in total. The molecule has 0 radical (unpaired) electrons. The molecular formula is C19H16ClNO3S. The van der Waals surface area contributed by atoms with Crippen LogP contribution in [-0.4, -0.2) is 8.42 Å². The zero-order valence-corrected chi connectivity index (χ0v) is 15.0. The van der Waals surface area contributed by atoms with Crippen molar-refractivity contribution in [2.24, 2.45) is 0 Å². The number of hydrogen-bond donors (Lipinski definition) is 1. The second-order valence-electron chi connectivity index (χ2n) is 5.45. The molecule has 0 fully saturated rings. The molecule has 0 aliphatic rings. The van der Waals surface area contributed by atoms with Crippen LogP contribution in [0.15, 0.2) is 77.7 Å². The Morgan fingerprint density at radius 2 is 1.64 bits per heavy atom. The Morgan fingerprint density at radius 3 is 2.40 bits per heavy atom. The Balaban J connectivity index is 1.92. The summed E-state index contributed by atoms with van der Waals surface area (Å²) in [5.74, 6) is 1.04. The highest BCUT2D eigenvalue weighted by atomic mass is 35.5. The van der Waals surface area contributed by atoms with Gasteiger partial charge in [-0.25, -0.2) is 8.42 Å². The molecule has 0 saturated carbocycles. The van der Waals surface area contributed by atoms with Crippen LogP contribution in [0.3, 0.4) is 0 Å². The van der Waals surface area contributed by atoms with E-state index in [0.29, 0.717) is 17.2 Å². The number of sulfonamides is 1. The summed E-state index contributed by atoms with van der Waals surface area (Å²) in [6, 6.07) is 20.6. The van der Waals surface area contributed by atoms with Crippen molar-refractivity contribution >= 4 is 27.3 Å². The van der Waals surface area contributed by atoms with Gasteiger partial charge in [0.15, 0.2) is 5.75 Å². The van der Waals surface area contributed by atoms with Crippen LogP contribution in [0.4, 0.5) is 5.69 Å². The van der Waals surface area contributed by atoms with Crippen LogP contribution in [0, 0.1) is 6.92 Å².